The molecule has 2 bridgehead atoms. The van der Waals surface area contributed by atoms with Crippen molar-refractivity contribution in [3.8, 4) is 5.75 Å². The number of primary amides is 1. The molecule has 11 amide bonds. The summed E-state index contributed by atoms with van der Waals surface area (Å²) in [4.78, 5) is 156. The normalized spacial score (nSPS) is 20.9. The summed E-state index contributed by atoms with van der Waals surface area (Å²) in [6.07, 6.45) is 6.27. The van der Waals surface area contributed by atoms with Crippen molar-refractivity contribution in [2.24, 2.45) is 47.2 Å². The number of aliphatic hydroxyl groups excluding tert-OH is 1. The predicted octanol–water partition coefficient (Wildman–Crippen LogP) is 12.6. The van der Waals surface area contributed by atoms with Gasteiger partial charge in [-0.05, 0) is 142 Å². The number of anilines is 2. The number of aldehydes is 1. The molecule has 0 radical (unpaired) electrons. The molecule has 720 valence electrons. The number of urea groups is 1. The quantitative estimate of drug-likeness (QED) is 0.0187. The first-order valence-electron chi connectivity index (χ1n) is 45.7. The van der Waals surface area contributed by atoms with E-state index in [1.807, 2.05) is 32.0 Å². The molecule has 3 aromatic carbocycles. The molecule has 2 aliphatic heterocycles. The minimum absolute atomic E-state index is 0.0226. The van der Waals surface area contributed by atoms with E-state index in [-0.39, 0.29) is 110 Å². The molecule has 4 aliphatic rings. The number of nitrogens with two attached hydrogens (primary N) is 1. The van der Waals surface area contributed by atoms with Gasteiger partial charge >= 0.3 is 18.3 Å². The first-order valence-corrected chi connectivity index (χ1v) is 47.3. The second-order valence-electron chi connectivity index (χ2n) is 35.4. The summed E-state index contributed by atoms with van der Waals surface area (Å²) in [5, 5.41) is 30.2. The summed E-state index contributed by atoms with van der Waals surface area (Å²) in [6, 6.07) is 11.6. The molecule has 16 atom stereocenters. The van der Waals surface area contributed by atoms with Gasteiger partial charge in [-0.25, -0.2) is 9.59 Å². The Labute approximate surface area is 767 Å². The highest BCUT2D eigenvalue weighted by Crippen LogP contribution is 2.71. The number of hydrogen-bond donors (Lipinski definition) is 9. The predicted molar refractivity (Wildman–Crippen MR) is 490 cm³/mol. The maximum absolute atomic E-state index is 14.9. The molecule has 7 rings (SSSR count). The number of nitrogens with one attached hydrogen (secondary N) is 7. The number of amides is 11. The van der Waals surface area contributed by atoms with Crippen molar-refractivity contribution in [1.82, 2.24) is 41.3 Å². The van der Waals surface area contributed by atoms with E-state index in [1.54, 1.807) is 104 Å². The van der Waals surface area contributed by atoms with Gasteiger partial charge in [0.2, 0.25) is 41.4 Å². The molecule has 5 unspecified atom stereocenters. The molecular formula is C94H142F3N11O19S2. The molecule has 30 nitrogen and oxygen atoms in total. The summed E-state index contributed by atoms with van der Waals surface area (Å²) in [6.45, 7) is 21.7. The number of methoxy groups -OCH3 is 2. The van der Waals surface area contributed by atoms with E-state index in [9.17, 15) is 71.0 Å². The first-order chi connectivity index (χ1) is 61.4. The molecule has 129 heavy (non-hydrogen) atoms. The van der Waals surface area contributed by atoms with Crippen molar-refractivity contribution < 1.29 is 104 Å². The minimum atomic E-state index is -4.85. The number of allylic oxidation sites excluding steroid dienone is 1. The van der Waals surface area contributed by atoms with E-state index < -0.39 is 156 Å². The van der Waals surface area contributed by atoms with Crippen molar-refractivity contribution in [2.75, 3.05) is 98.3 Å². The van der Waals surface area contributed by atoms with Gasteiger partial charge < -0.3 is 91.0 Å². The lowest BCUT2D eigenvalue weighted by atomic mass is 9.78. The van der Waals surface area contributed by atoms with Crippen LogP contribution in [0.4, 0.5) is 34.1 Å². The SMILES string of the molecule is CCC(C)[C@@H]([C@@H](CC(=O)N1CCC[C@H]1[C@H](OC)[C@@H](C)C(=O)N[C@H](C)[C@@H](O)c1ccccc1)OC)N(C)C(=O)[C@@H](NC(=O)[C@H](C(C)C)N(C)C(=O)OCc1ccc(NC(=O)[C@H](CCCNC(N)=O)NC(=O)[C@@H](NC(=O)COCCOCCOCCOc2ccc(NC(=O)C3=C(C=O)SC4(CC)C5CCCCCCCCC(C5)C4(CC)S3)cc2C(F)(F)F)C(C)C)cc1)C(C)C. The maximum Gasteiger partial charge on any atom is 0.420 e. The van der Waals surface area contributed by atoms with Crippen molar-refractivity contribution in [3.05, 3.63) is 99.3 Å². The Bertz CT molecular complexity index is 4190. The van der Waals surface area contributed by atoms with Crippen molar-refractivity contribution in [2.45, 2.75) is 275 Å². The van der Waals surface area contributed by atoms with E-state index in [4.69, 9.17) is 38.9 Å². The van der Waals surface area contributed by atoms with Crippen LogP contribution < -0.4 is 47.7 Å². The third kappa shape index (κ3) is 29.5. The van der Waals surface area contributed by atoms with E-state index in [0.717, 1.165) is 74.7 Å². The van der Waals surface area contributed by atoms with Gasteiger partial charge in [0.1, 0.15) is 49.7 Å². The lowest BCUT2D eigenvalue weighted by Crippen LogP contribution is -2.60. The summed E-state index contributed by atoms with van der Waals surface area (Å²) < 4.78 is 83.3. The number of carbonyl (C=O) groups excluding carboxylic acids is 11. The molecule has 1 saturated heterocycles. The zero-order valence-electron chi connectivity index (χ0n) is 78.1. The highest BCUT2D eigenvalue weighted by Gasteiger charge is 2.66. The molecule has 0 spiro atoms. The number of likely N-dealkylation sites (tertiary alicyclic amines) is 1. The topological polar surface area (TPSA) is 393 Å². The number of nitrogens with zero attached hydrogens (tertiary/aromatic N) is 3. The maximum atomic E-state index is 14.9. The Morgan fingerprint density at radius 3 is 1.84 bits per heavy atom. The second-order valence-corrected chi connectivity index (χ2v) is 38.1. The number of aliphatic hydroxyl groups is 1. The zero-order chi connectivity index (χ0) is 95.0. The van der Waals surface area contributed by atoms with E-state index in [0.29, 0.717) is 59.4 Å². The summed E-state index contributed by atoms with van der Waals surface area (Å²) >= 11 is 2.99. The van der Waals surface area contributed by atoms with Crippen LogP contribution >= 0.6 is 23.5 Å². The second kappa shape index (κ2) is 52.0. The Kier molecular flexibility index (Phi) is 43.3. The van der Waals surface area contributed by atoms with Crippen molar-refractivity contribution >= 4 is 101 Å². The fourth-order valence-corrected chi connectivity index (χ4v) is 22.4. The highest BCUT2D eigenvalue weighted by atomic mass is 32.2. The standard InChI is InChI=1S/C94H142F3N11O19S2/c1-17-60(10)80(73(121-15)53-76(111)108-44-30-36-71(108)82(122-16)61(11)84(113)100-62(12)81(112)64-31-25-24-26-32-64)106(13)89(118)78(58(6)7)105-87(116)79(59(8)9)107(14)91(120)127-55-63-37-39-67(40-38-63)101-85(114)70(35-29-43-99-90(98)119)103-86(115)77(57(4)5)104-75(110)56-125-48-47-123-45-46-124-49-50-126-72-42-41-68(52-69(72)94(95,96)97)102-88(117)83-74(54-109)128-92(18-2)65-33-27-22-20-21-23-28-34-66(51-65)93(92,19-3)129-83/h24-26,31-32,37-42,52,54,57-62,65-66,70-71,73,77-82,112H,17-23,27-30,33-36,43-51,53,55-56H2,1-16H3,(H,100,113)(H,101,114)(H,102,117)(H,103,115)(H,104,110)(H,105,116)(H3,98,99,119)/t60?,61-,62-,65?,66?,70+,71+,73-,77+,78+,79+,80+,81-,82-,92?,93?/m1/s1. The molecule has 3 fully saturated rings. The van der Waals surface area contributed by atoms with E-state index >= 15 is 0 Å². The van der Waals surface area contributed by atoms with Gasteiger partial charge in [0, 0.05) is 62.3 Å². The van der Waals surface area contributed by atoms with Crippen molar-refractivity contribution in [1.29, 1.82) is 0 Å². The third-order valence-electron chi connectivity index (χ3n) is 25.7. The summed E-state index contributed by atoms with van der Waals surface area (Å²) in [7, 11) is 6.04. The number of benzene rings is 3. The van der Waals surface area contributed by atoms with Crippen molar-refractivity contribution in [3.63, 3.8) is 0 Å². The number of fused-ring (bicyclic) bond motifs is 5. The molecule has 3 aromatic rings. The van der Waals surface area contributed by atoms with E-state index in [2.05, 4.69) is 51.1 Å². The van der Waals surface area contributed by atoms with E-state index in [1.165, 1.54) is 75.0 Å². The number of hydrogen-bond acceptors (Lipinski definition) is 21. The number of ether oxygens (including phenoxy) is 7. The van der Waals surface area contributed by atoms with Crippen LogP contribution in [-0.2, 0) is 84.4 Å². The zero-order valence-corrected chi connectivity index (χ0v) is 79.7. The molecule has 0 aromatic heterocycles. The van der Waals surface area contributed by atoms with Crippen LogP contribution in [0.2, 0.25) is 0 Å². The van der Waals surface area contributed by atoms with Crippen LogP contribution in [0.5, 0.6) is 5.75 Å². The Hall–Kier alpha value is -8.58. The molecule has 2 aliphatic carbocycles. The lowest BCUT2D eigenvalue weighted by Gasteiger charge is -2.52. The molecule has 2 saturated carbocycles. The van der Waals surface area contributed by atoms with Gasteiger partial charge in [-0.2, -0.15) is 13.2 Å². The number of rotatable bonds is 49. The van der Waals surface area contributed by atoms with Gasteiger partial charge in [0.05, 0.1) is 97.2 Å². The fraction of sp³-hybridized carbons (Fsp3) is 0.670. The molecular weight excluding hydrogens is 1710 g/mol. The number of carbonyl (C=O) groups is 11. The highest BCUT2D eigenvalue weighted by molar-refractivity contribution is 8.12. The number of thioether (sulfide) groups is 2. The monoisotopic (exact) mass is 1850 g/mol. The van der Waals surface area contributed by atoms with Crippen LogP contribution in [0.25, 0.3) is 0 Å². The number of halogens is 3. The van der Waals surface area contributed by atoms with Gasteiger partial charge in [0.15, 0.2) is 6.29 Å². The van der Waals surface area contributed by atoms with Crippen LogP contribution in [0.3, 0.4) is 0 Å². The Balaban J connectivity index is 0.844. The van der Waals surface area contributed by atoms with Gasteiger partial charge in [-0.15, -0.1) is 23.5 Å². The van der Waals surface area contributed by atoms with Crippen LogP contribution in [-0.4, -0.2) is 237 Å². The lowest BCUT2D eigenvalue weighted by molar-refractivity contribution is -0.148. The summed E-state index contributed by atoms with van der Waals surface area (Å²) in [5.74, 6) is -6.30. The first kappa shape index (κ1) is 107. The minimum Gasteiger partial charge on any atom is -0.491 e. The molecule has 10 N–H and O–H groups in total. The average molecular weight is 1850 g/mol. The van der Waals surface area contributed by atoms with Gasteiger partial charge in [-0.3, -0.25) is 48.1 Å². The smallest absolute Gasteiger partial charge is 0.420 e. The number of likely N-dealkylation sites (N-methyl/N-ethyl adjacent to an activating group) is 2. The number of alkyl halides is 3. The Morgan fingerprint density at radius 1 is 0.659 bits per heavy atom. The third-order valence-corrected chi connectivity index (χ3v) is 29.7. The molecule has 2 heterocycles. The van der Waals surface area contributed by atoms with Gasteiger partial charge in [0.25, 0.3) is 5.91 Å². The fourth-order valence-electron chi connectivity index (χ4n) is 18.6. The van der Waals surface area contributed by atoms with Crippen LogP contribution in [0.1, 0.15) is 215 Å². The average Bonchev–Trinajstić information content (AvgIpc) is 1.55. The Morgan fingerprint density at radius 2 is 1.26 bits per heavy atom. The van der Waals surface area contributed by atoms with Gasteiger partial charge in [-0.1, -0.05) is 164 Å². The largest absolute Gasteiger partial charge is 0.491 e. The molecule has 35 heteroatoms. The summed E-state index contributed by atoms with van der Waals surface area (Å²) in [5.41, 5.74) is 5.54. The van der Waals surface area contributed by atoms with Crippen LogP contribution in [0, 0.1) is 41.4 Å². The van der Waals surface area contributed by atoms with Crippen LogP contribution in [0.15, 0.2) is 82.6 Å².